The smallest absolute Gasteiger partial charge is 0.263 e. The Kier molecular flexibility index (Phi) is 6.85. The molecule has 4 rings (SSSR count). The van der Waals surface area contributed by atoms with Crippen LogP contribution in [0.4, 0.5) is 5.13 Å². The lowest BCUT2D eigenvalue weighted by Gasteiger charge is -2.30. The Labute approximate surface area is 192 Å². The Balaban J connectivity index is 1.43. The van der Waals surface area contributed by atoms with Crippen molar-refractivity contribution < 1.29 is 14.3 Å². The minimum Gasteiger partial charge on any atom is -0.497 e. The maximum absolute atomic E-state index is 13.2. The van der Waals surface area contributed by atoms with Crippen molar-refractivity contribution in [3.63, 3.8) is 0 Å². The third-order valence-corrected chi connectivity index (χ3v) is 6.89. The highest BCUT2D eigenvalue weighted by Gasteiger charge is 2.32. The first-order valence-corrected chi connectivity index (χ1v) is 11.6. The zero-order valence-corrected chi connectivity index (χ0v) is 19.2. The summed E-state index contributed by atoms with van der Waals surface area (Å²) in [5.74, 6) is 0.643. The van der Waals surface area contributed by atoms with Crippen molar-refractivity contribution in [1.82, 2.24) is 10.3 Å². The molecule has 0 spiro atoms. The number of benzene rings is 2. The summed E-state index contributed by atoms with van der Waals surface area (Å²) in [5, 5.41) is 3.56. The van der Waals surface area contributed by atoms with Gasteiger partial charge in [0.05, 0.1) is 12.8 Å². The molecule has 0 aliphatic carbocycles. The molecule has 2 aromatic carbocycles. The van der Waals surface area contributed by atoms with Gasteiger partial charge in [0.2, 0.25) is 5.91 Å². The van der Waals surface area contributed by atoms with E-state index in [-0.39, 0.29) is 17.7 Å². The van der Waals surface area contributed by atoms with E-state index < -0.39 is 0 Å². The van der Waals surface area contributed by atoms with E-state index in [4.69, 9.17) is 4.74 Å². The molecule has 0 bridgehead atoms. The number of ether oxygens (including phenoxy) is 1. The van der Waals surface area contributed by atoms with Crippen LogP contribution in [0.5, 0.6) is 5.75 Å². The molecular weight excluding hydrogens is 422 g/mol. The summed E-state index contributed by atoms with van der Waals surface area (Å²) in [5.41, 5.74) is 2.80. The Morgan fingerprint density at radius 1 is 1.16 bits per heavy atom. The van der Waals surface area contributed by atoms with Crippen molar-refractivity contribution in [2.24, 2.45) is 5.92 Å². The molecule has 2 amide bonds. The molecule has 0 radical (unpaired) electrons. The minimum absolute atomic E-state index is 0.0806. The van der Waals surface area contributed by atoms with Crippen molar-refractivity contribution in [2.45, 2.75) is 32.7 Å². The third kappa shape index (κ3) is 4.99. The zero-order valence-electron chi connectivity index (χ0n) is 18.3. The molecular formula is C25H27N3O3S. The van der Waals surface area contributed by atoms with E-state index in [0.717, 1.165) is 29.7 Å². The molecule has 1 aromatic heterocycles. The van der Waals surface area contributed by atoms with Gasteiger partial charge in [-0.3, -0.25) is 14.5 Å². The lowest BCUT2D eigenvalue weighted by Crippen LogP contribution is -2.42. The Hall–Kier alpha value is -3.19. The van der Waals surface area contributed by atoms with Gasteiger partial charge in [0.25, 0.3) is 5.91 Å². The number of hydrogen-bond donors (Lipinski definition) is 1. The van der Waals surface area contributed by atoms with Crippen LogP contribution in [0.2, 0.25) is 0 Å². The van der Waals surface area contributed by atoms with Gasteiger partial charge in [-0.2, -0.15) is 0 Å². The number of aromatic nitrogens is 1. The highest BCUT2D eigenvalue weighted by atomic mass is 32.1. The van der Waals surface area contributed by atoms with Gasteiger partial charge in [-0.15, -0.1) is 0 Å². The summed E-state index contributed by atoms with van der Waals surface area (Å²) in [7, 11) is 1.64. The van der Waals surface area contributed by atoms with Gasteiger partial charge in [0.15, 0.2) is 5.13 Å². The van der Waals surface area contributed by atoms with Gasteiger partial charge >= 0.3 is 0 Å². The zero-order chi connectivity index (χ0) is 22.5. The maximum Gasteiger partial charge on any atom is 0.263 e. The number of nitrogens with zero attached hydrogens (tertiary/aromatic N) is 2. The number of nitrogens with one attached hydrogen (secondary N) is 1. The molecule has 1 aliphatic heterocycles. The first-order valence-electron chi connectivity index (χ1n) is 10.8. The normalized spacial score (nSPS) is 16.1. The topological polar surface area (TPSA) is 71.5 Å². The molecule has 7 heteroatoms. The molecule has 1 unspecified atom stereocenters. The van der Waals surface area contributed by atoms with Crippen molar-refractivity contribution in [3.8, 4) is 5.75 Å². The summed E-state index contributed by atoms with van der Waals surface area (Å²) in [6.45, 7) is 2.91. The van der Waals surface area contributed by atoms with Crippen LogP contribution >= 0.6 is 11.3 Å². The average molecular weight is 450 g/mol. The Bertz CT molecular complexity index is 1080. The number of hydrogen-bond acceptors (Lipinski definition) is 5. The number of carbonyl (C=O) groups is 2. The van der Waals surface area contributed by atoms with Crippen molar-refractivity contribution in [1.29, 1.82) is 0 Å². The van der Waals surface area contributed by atoms with Crippen molar-refractivity contribution in [2.75, 3.05) is 18.6 Å². The molecule has 2 heterocycles. The monoisotopic (exact) mass is 449 g/mol. The van der Waals surface area contributed by atoms with Gasteiger partial charge in [0, 0.05) is 19.0 Å². The van der Waals surface area contributed by atoms with Crippen LogP contribution in [-0.2, 0) is 17.8 Å². The molecule has 1 fully saturated rings. The Morgan fingerprint density at radius 3 is 2.62 bits per heavy atom. The lowest BCUT2D eigenvalue weighted by molar-refractivity contribution is -0.123. The first kappa shape index (κ1) is 22.0. The van der Waals surface area contributed by atoms with E-state index in [2.05, 4.69) is 10.3 Å². The summed E-state index contributed by atoms with van der Waals surface area (Å²) in [6.07, 6.45) is 2.46. The number of rotatable bonds is 7. The van der Waals surface area contributed by atoms with Crippen LogP contribution in [0, 0.1) is 12.8 Å². The second kappa shape index (κ2) is 9.96. The number of amides is 2. The fraction of sp³-hybridized carbons (Fsp3) is 0.320. The number of piperidine rings is 1. The van der Waals surface area contributed by atoms with Gasteiger partial charge in [0.1, 0.15) is 10.6 Å². The predicted octanol–water partition coefficient (Wildman–Crippen LogP) is 4.38. The minimum atomic E-state index is -0.158. The third-order valence-electron chi connectivity index (χ3n) is 5.71. The Morgan fingerprint density at radius 2 is 1.91 bits per heavy atom. The first-order chi connectivity index (χ1) is 15.5. The number of aryl methyl sites for hydroxylation is 1. The van der Waals surface area contributed by atoms with Gasteiger partial charge in [-0.1, -0.05) is 53.8 Å². The molecule has 1 saturated heterocycles. The molecule has 1 atom stereocenters. The van der Waals surface area contributed by atoms with E-state index in [0.29, 0.717) is 35.2 Å². The second-order valence-corrected chi connectivity index (χ2v) is 8.94. The molecule has 6 nitrogen and oxygen atoms in total. The van der Waals surface area contributed by atoms with Gasteiger partial charge in [-0.05, 0) is 49.4 Å². The molecule has 1 N–H and O–H groups in total. The fourth-order valence-corrected chi connectivity index (χ4v) is 4.96. The largest absolute Gasteiger partial charge is 0.497 e. The average Bonchev–Trinajstić information content (AvgIpc) is 3.21. The standard InChI is InChI=1S/C25H27N3O3S/c1-17-22(23(29)26-16-19-7-4-3-5-8-19)32-25(27-17)28-14-6-9-20(24(28)30)15-18-10-12-21(31-2)13-11-18/h3-5,7-8,10-13,20H,6,9,14-16H2,1-2H3,(H,26,29). The highest BCUT2D eigenvalue weighted by molar-refractivity contribution is 7.17. The summed E-state index contributed by atoms with van der Waals surface area (Å²) in [4.78, 5) is 32.8. The SMILES string of the molecule is COc1ccc(CC2CCCN(c3nc(C)c(C(=O)NCc4ccccc4)s3)C2=O)cc1. The predicted molar refractivity (Wildman–Crippen MR) is 126 cm³/mol. The lowest BCUT2D eigenvalue weighted by atomic mass is 9.90. The molecule has 0 saturated carbocycles. The van der Waals surface area contributed by atoms with E-state index in [1.807, 2.05) is 61.5 Å². The van der Waals surface area contributed by atoms with E-state index in [9.17, 15) is 9.59 Å². The van der Waals surface area contributed by atoms with Crippen LogP contribution in [0.3, 0.4) is 0 Å². The van der Waals surface area contributed by atoms with Crippen LogP contribution < -0.4 is 15.0 Å². The van der Waals surface area contributed by atoms with Crippen molar-refractivity contribution in [3.05, 3.63) is 76.3 Å². The molecule has 32 heavy (non-hydrogen) atoms. The van der Waals surface area contributed by atoms with Crippen LogP contribution in [0.15, 0.2) is 54.6 Å². The van der Waals surface area contributed by atoms with Crippen molar-refractivity contribution >= 4 is 28.3 Å². The number of carbonyl (C=O) groups excluding carboxylic acids is 2. The van der Waals surface area contributed by atoms with Crippen LogP contribution in [-0.4, -0.2) is 30.5 Å². The fourth-order valence-electron chi connectivity index (χ4n) is 3.94. The maximum atomic E-state index is 13.2. The molecule has 3 aromatic rings. The number of methoxy groups -OCH3 is 1. The summed E-state index contributed by atoms with van der Waals surface area (Å²) < 4.78 is 5.22. The van der Waals surface area contributed by atoms with E-state index in [1.165, 1.54) is 11.3 Å². The van der Waals surface area contributed by atoms with E-state index in [1.54, 1.807) is 12.0 Å². The van der Waals surface area contributed by atoms with Gasteiger partial charge < -0.3 is 10.1 Å². The van der Waals surface area contributed by atoms with Gasteiger partial charge in [-0.25, -0.2) is 4.98 Å². The summed E-state index contributed by atoms with van der Waals surface area (Å²) >= 11 is 1.29. The summed E-state index contributed by atoms with van der Waals surface area (Å²) in [6, 6.07) is 17.6. The molecule has 166 valence electrons. The van der Waals surface area contributed by atoms with E-state index >= 15 is 0 Å². The highest BCUT2D eigenvalue weighted by Crippen LogP contribution is 2.32. The number of anilines is 1. The molecule has 1 aliphatic rings. The second-order valence-electron chi connectivity index (χ2n) is 7.96. The quantitative estimate of drug-likeness (QED) is 0.581. The van der Waals surface area contributed by atoms with Crippen LogP contribution in [0.1, 0.15) is 39.3 Å². The number of thiazole rings is 1. The van der Waals surface area contributed by atoms with Crippen LogP contribution in [0.25, 0.3) is 0 Å².